The van der Waals surface area contributed by atoms with Crippen LogP contribution in [0.3, 0.4) is 0 Å². The molecule has 0 saturated carbocycles. The summed E-state index contributed by atoms with van der Waals surface area (Å²) in [4.78, 5) is 23.7. The molecule has 2 amide bonds. The van der Waals surface area contributed by atoms with Gasteiger partial charge in [0.1, 0.15) is 16.5 Å². The van der Waals surface area contributed by atoms with Crippen LogP contribution in [-0.4, -0.2) is 11.8 Å². The Labute approximate surface area is 164 Å². The van der Waals surface area contributed by atoms with E-state index in [0.29, 0.717) is 21.2 Å². The third kappa shape index (κ3) is 3.35. The fourth-order valence-corrected chi connectivity index (χ4v) is 4.54. The maximum absolute atomic E-state index is 13.9. The van der Waals surface area contributed by atoms with Gasteiger partial charge in [-0.05, 0) is 18.2 Å². The number of nitrogens with one attached hydrogen (secondary N) is 1. The van der Waals surface area contributed by atoms with Gasteiger partial charge in [0.15, 0.2) is 0 Å². The minimum absolute atomic E-state index is 0.0511. The average Bonchev–Trinajstić information content (AvgIpc) is 2.86. The molecule has 0 saturated heterocycles. The summed E-state index contributed by atoms with van der Waals surface area (Å²) in [5.41, 5.74) is 4.05. The number of carbonyl (C=O) groups is 2. The number of benzene rings is 2. The van der Waals surface area contributed by atoms with E-state index in [2.05, 4.69) is 5.32 Å². The van der Waals surface area contributed by atoms with Gasteiger partial charge in [0.05, 0.1) is 21.3 Å². The third-order valence-corrected chi connectivity index (χ3v) is 5.57. The summed E-state index contributed by atoms with van der Waals surface area (Å²) < 4.78 is 28.0. The predicted molar refractivity (Wildman–Crippen MR) is 99.7 cm³/mol. The number of amides is 2. The van der Waals surface area contributed by atoms with Crippen LogP contribution in [0.1, 0.15) is 20.0 Å². The zero-order valence-electron chi connectivity index (χ0n) is 12.5. The first-order valence-corrected chi connectivity index (χ1v) is 8.81. The summed E-state index contributed by atoms with van der Waals surface area (Å²) in [5, 5.41) is 3.38. The quantitative estimate of drug-likeness (QED) is 0.571. The Morgan fingerprint density at radius 2 is 1.73 bits per heavy atom. The maximum atomic E-state index is 13.9. The van der Waals surface area contributed by atoms with E-state index in [0.717, 1.165) is 17.4 Å². The molecule has 0 bridgehead atoms. The molecule has 0 aliphatic heterocycles. The molecule has 0 unspecified atom stereocenters. The first kappa shape index (κ1) is 18.8. The number of nitrogens with two attached hydrogens (primary N) is 1. The van der Waals surface area contributed by atoms with Crippen molar-refractivity contribution in [3.63, 3.8) is 0 Å². The smallest absolute Gasteiger partial charge is 0.267 e. The van der Waals surface area contributed by atoms with E-state index in [9.17, 15) is 18.4 Å². The van der Waals surface area contributed by atoms with Crippen LogP contribution >= 0.6 is 46.1 Å². The number of fused-ring (bicyclic) bond motifs is 1. The van der Waals surface area contributed by atoms with Crippen LogP contribution in [0.25, 0.3) is 10.1 Å². The lowest BCUT2D eigenvalue weighted by Crippen LogP contribution is -2.16. The zero-order chi connectivity index (χ0) is 19.2. The highest BCUT2D eigenvalue weighted by Gasteiger charge is 2.22. The molecule has 1 aromatic heterocycles. The molecule has 26 heavy (non-hydrogen) atoms. The highest BCUT2D eigenvalue weighted by atomic mass is 35.5. The molecule has 3 rings (SSSR count). The first-order valence-electron chi connectivity index (χ1n) is 6.86. The van der Waals surface area contributed by atoms with E-state index in [4.69, 9.17) is 40.5 Å². The number of hydrogen-bond acceptors (Lipinski definition) is 3. The SMILES string of the molecule is NC(=O)c1cc(NC(=O)c2sc3cc(Cl)cc(Cl)c3c2Cl)c(F)cc1F. The predicted octanol–water partition coefficient (Wildman–Crippen LogP) is 5.49. The van der Waals surface area contributed by atoms with Crippen LogP contribution < -0.4 is 11.1 Å². The standard InChI is InChI=1S/C16H7Cl3F2N2O2S/c17-5-1-7(18)12-11(2-5)26-14(13(12)19)16(25)23-10-3-6(15(22)24)8(20)4-9(10)21/h1-4H,(H2,22,24)(H,23,25). The van der Waals surface area contributed by atoms with Crippen LogP contribution in [0.15, 0.2) is 24.3 Å². The van der Waals surface area contributed by atoms with E-state index in [1.165, 1.54) is 6.07 Å². The lowest BCUT2D eigenvalue weighted by atomic mass is 10.1. The van der Waals surface area contributed by atoms with Crippen molar-refractivity contribution in [2.75, 3.05) is 5.32 Å². The van der Waals surface area contributed by atoms with Crippen molar-refractivity contribution < 1.29 is 18.4 Å². The van der Waals surface area contributed by atoms with Crippen molar-refractivity contribution in [3.8, 4) is 0 Å². The van der Waals surface area contributed by atoms with Crippen molar-refractivity contribution in [2.24, 2.45) is 5.73 Å². The number of carbonyl (C=O) groups excluding carboxylic acids is 2. The van der Waals surface area contributed by atoms with Gasteiger partial charge in [-0.2, -0.15) is 0 Å². The summed E-state index contributed by atoms with van der Waals surface area (Å²) >= 11 is 19.2. The Kier molecular flexibility index (Phi) is 5.07. The van der Waals surface area contributed by atoms with E-state index in [1.54, 1.807) is 6.07 Å². The van der Waals surface area contributed by atoms with Gasteiger partial charge in [0.2, 0.25) is 0 Å². The van der Waals surface area contributed by atoms with Crippen LogP contribution in [0.5, 0.6) is 0 Å². The van der Waals surface area contributed by atoms with Crippen molar-refractivity contribution >= 4 is 73.7 Å². The van der Waals surface area contributed by atoms with Crippen molar-refractivity contribution in [2.45, 2.75) is 0 Å². The molecule has 10 heteroatoms. The van der Waals surface area contributed by atoms with Gasteiger partial charge in [-0.25, -0.2) is 8.78 Å². The van der Waals surface area contributed by atoms with Crippen molar-refractivity contribution in [1.82, 2.24) is 0 Å². The molecule has 0 spiro atoms. The number of halogens is 5. The summed E-state index contributed by atoms with van der Waals surface area (Å²) in [6.45, 7) is 0. The van der Waals surface area contributed by atoms with E-state index in [-0.39, 0.29) is 14.9 Å². The van der Waals surface area contributed by atoms with Crippen LogP contribution in [0.2, 0.25) is 15.1 Å². The molecule has 2 aromatic carbocycles. The Morgan fingerprint density at radius 3 is 2.38 bits per heavy atom. The monoisotopic (exact) mass is 434 g/mol. The Hall–Kier alpha value is -1.93. The number of rotatable bonds is 3. The molecule has 3 aromatic rings. The second kappa shape index (κ2) is 7.00. The van der Waals surface area contributed by atoms with E-state index in [1.807, 2.05) is 0 Å². The van der Waals surface area contributed by atoms with Crippen molar-refractivity contribution in [1.29, 1.82) is 0 Å². The molecule has 0 aliphatic carbocycles. The molecule has 0 radical (unpaired) electrons. The average molecular weight is 436 g/mol. The van der Waals surface area contributed by atoms with Gasteiger partial charge < -0.3 is 11.1 Å². The summed E-state index contributed by atoms with van der Waals surface area (Å²) in [7, 11) is 0. The molecule has 4 nitrogen and oxygen atoms in total. The van der Waals surface area contributed by atoms with Gasteiger partial charge in [-0.15, -0.1) is 11.3 Å². The van der Waals surface area contributed by atoms with Gasteiger partial charge >= 0.3 is 0 Å². The Morgan fingerprint density at radius 1 is 1.04 bits per heavy atom. The molecule has 0 atom stereocenters. The fraction of sp³-hybridized carbons (Fsp3) is 0. The lowest BCUT2D eigenvalue weighted by molar-refractivity contribution is 0.0992. The second-order valence-corrected chi connectivity index (χ2v) is 7.41. The molecular weight excluding hydrogens is 429 g/mol. The summed E-state index contributed by atoms with van der Waals surface area (Å²) in [6.07, 6.45) is 0. The molecule has 0 aliphatic rings. The van der Waals surface area contributed by atoms with E-state index >= 15 is 0 Å². The molecule has 1 heterocycles. The molecule has 3 N–H and O–H groups in total. The van der Waals surface area contributed by atoms with Crippen LogP contribution in [0, 0.1) is 11.6 Å². The minimum Gasteiger partial charge on any atom is -0.366 e. The maximum Gasteiger partial charge on any atom is 0.267 e. The third-order valence-electron chi connectivity index (χ3n) is 3.43. The fourth-order valence-electron chi connectivity index (χ4n) is 2.27. The van der Waals surface area contributed by atoms with Crippen LogP contribution in [-0.2, 0) is 0 Å². The Balaban J connectivity index is 2.03. The van der Waals surface area contributed by atoms with Gasteiger partial charge in [0, 0.05) is 21.2 Å². The van der Waals surface area contributed by atoms with Crippen LogP contribution in [0.4, 0.5) is 14.5 Å². The topological polar surface area (TPSA) is 72.2 Å². The number of thiophene rings is 1. The van der Waals surface area contributed by atoms with E-state index < -0.39 is 34.7 Å². The highest BCUT2D eigenvalue weighted by Crippen LogP contribution is 2.41. The van der Waals surface area contributed by atoms with Gasteiger partial charge in [-0.1, -0.05) is 34.8 Å². The summed E-state index contributed by atoms with van der Waals surface area (Å²) in [5.74, 6) is -4.06. The highest BCUT2D eigenvalue weighted by molar-refractivity contribution is 7.21. The lowest BCUT2D eigenvalue weighted by Gasteiger charge is -2.08. The number of anilines is 1. The summed E-state index contributed by atoms with van der Waals surface area (Å²) in [6, 6.07) is 4.33. The Bertz CT molecular complexity index is 1090. The minimum atomic E-state index is -1.13. The normalized spacial score (nSPS) is 11.0. The molecule has 0 fully saturated rings. The number of hydrogen-bond donors (Lipinski definition) is 2. The van der Waals surface area contributed by atoms with Crippen molar-refractivity contribution in [3.05, 3.63) is 61.4 Å². The first-order chi connectivity index (χ1) is 12.2. The molecular formula is C16H7Cl3F2N2O2S. The van der Waals surface area contributed by atoms with Gasteiger partial charge in [0.25, 0.3) is 11.8 Å². The zero-order valence-corrected chi connectivity index (χ0v) is 15.6. The van der Waals surface area contributed by atoms with Gasteiger partial charge in [-0.3, -0.25) is 9.59 Å². The second-order valence-electron chi connectivity index (χ2n) is 5.14. The largest absolute Gasteiger partial charge is 0.366 e. The number of primary amides is 1. The molecule has 134 valence electrons.